The number of rotatable bonds is 6. The van der Waals surface area contributed by atoms with Gasteiger partial charge in [-0.1, -0.05) is 26.2 Å². The van der Waals surface area contributed by atoms with Gasteiger partial charge in [0.05, 0.1) is 0 Å². The Morgan fingerprint density at radius 2 is 2.29 bits per heavy atom. The summed E-state index contributed by atoms with van der Waals surface area (Å²) in [5.74, 6) is 0.958. The van der Waals surface area contributed by atoms with E-state index in [9.17, 15) is 0 Å². The number of hydrogen-bond donors (Lipinski definition) is 1. The molecule has 0 amide bonds. The van der Waals surface area contributed by atoms with E-state index in [0.717, 1.165) is 23.4 Å². The molecule has 0 saturated heterocycles. The molecule has 94 valence electrons. The molecule has 3 heteroatoms. The Kier molecular flexibility index (Phi) is 4.99. The number of hydrogen-bond acceptors (Lipinski definition) is 2. The molecule has 1 heterocycles. The topological polar surface area (TPSA) is 24.9 Å². The fourth-order valence-corrected chi connectivity index (χ4v) is 2.92. The molecule has 0 bridgehead atoms. The quantitative estimate of drug-likeness (QED) is 0.868. The lowest BCUT2D eigenvalue weighted by molar-refractivity contribution is 0.260. The standard InChI is InChI=1S/C14H21BrN2/c1-2-17-14(7-11-4-3-5-11)8-12-6-13(15)10-16-9-12/h6,9-11,14,17H,2-5,7-8H2,1H3. The Morgan fingerprint density at radius 3 is 2.88 bits per heavy atom. The summed E-state index contributed by atoms with van der Waals surface area (Å²) in [6.07, 6.45) is 10.5. The molecular formula is C14H21BrN2. The molecule has 2 nitrogen and oxygen atoms in total. The molecule has 1 aromatic heterocycles. The first kappa shape index (κ1) is 13.0. The molecule has 17 heavy (non-hydrogen) atoms. The molecule has 1 aliphatic rings. The molecule has 0 spiro atoms. The minimum atomic E-state index is 0.612. The maximum Gasteiger partial charge on any atom is 0.0410 e. The number of likely N-dealkylation sites (N-methyl/N-ethyl adjacent to an activating group) is 1. The van der Waals surface area contributed by atoms with E-state index < -0.39 is 0 Å². The fraction of sp³-hybridized carbons (Fsp3) is 0.643. The van der Waals surface area contributed by atoms with Crippen molar-refractivity contribution < 1.29 is 0 Å². The normalized spacial score (nSPS) is 17.8. The van der Waals surface area contributed by atoms with Crippen LogP contribution in [0.2, 0.25) is 0 Å². The Hall–Kier alpha value is -0.410. The van der Waals surface area contributed by atoms with Crippen LogP contribution < -0.4 is 5.32 Å². The smallest absolute Gasteiger partial charge is 0.0410 e. The zero-order chi connectivity index (χ0) is 12.1. The van der Waals surface area contributed by atoms with Crippen molar-refractivity contribution in [2.24, 2.45) is 5.92 Å². The van der Waals surface area contributed by atoms with E-state index in [4.69, 9.17) is 0 Å². The Bertz CT molecular complexity index is 350. The molecule has 1 N–H and O–H groups in total. The summed E-state index contributed by atoms with van der Waals surface area (Å²) >= 11 is 3.48. The van der Waals surface area contributed by atoms with Gasteiger partial charge in [0.15, 0.2) is 0 Å². The second-order valence-corrected chi connectivity index (χ2v) is 5.92. The van der Waals surface area contributed by atoms with Crippen LogP contribution in [0.15, 0.2) is 22.9 Å². The summed E-state index contributed by atoms with van der Waals surface area (Å²) in [5.41, 5.74) is 1.32. The Labute approximate surface area is 112 Å². The molecule has 0 aliphatic heterocycles. The maximum absolute atomic E-state index is 4.24. The summed E-state index contributed by atoms with van der Waals surface area (Å²) in [6, 6.07) is 2.79. The Balaban J connectivity index is 1.91. The lowest BCUT2D eigenvalue weighted by Crippen LogP contribution is -2.34. The third-order valence-corrected chi connectivity index (χ3v) is 4.01. The second-order valence-electron chi connectivity index (χ2n) is 5.00. The van der Waals surface area contributed by atoms with E-state index in [1.165, 1.54) is 31.2 Å². The monoisotopic (exact) mass is 296 g/mol. The van der Waals surface area contributed by atoms with Crippen LogP contribution in [0.3, 0.4) is 0 Å². The average Bonchev–Trinajstić information content (AvgIpc) is 2.23. The fourth-order valence-electron chi connectivity index (χ4n) is 2.51. The third-order valence-electron chi connectivity index (χ3n) is 3.58. The molecule has 2 rings (SSSR count). The van der Waals surface area contributed by atoms with Gasteiger partial charge < -0.3 is 5.32 Å². The van der Waals surface area contributed by atoms with Gasteiger partial charge in [-0.15, -0.1) is 0 Å². The van der Waals surface area contributed by atoms with Gasteiger partial charge in [0.25, 0.3) is 0 Å². The molecule has 0 radical (unpaired) electrons. The van der Waals surface area contributed by atoms with Gasteiger partial charge in [-0.3, -0.25) is 4.98 Å². The van der Waals surface area contributed by atoms with Crippen molar-refractivity contribution in [1.82, 2.24) is 10.3 Å². The highest BCUT2D eigenvalue weighted by Crippen LogP contribution is 2.31. The first-order valence-electron chi connectivity index (χ1n) is 6.60. The van der Waals surface area contributed by atoms with Crippen molar-refractivity contribution in [1.29, 1.82) is 0 Å². The van der Waals surface area contributed by atoms with Crippen molar-refractivity contribution in [2.75, 3.05) is 6.54 Å². The van der Waals surface area contributed by atoms with Crippen LogP contribution in [-0.2, 0) is 6.42 Å². The van der Waals surface area contributed by atoms with Crippen LogP contribution in [0.5, 0.6) is 0 Å². The van der Waals surface area contributed by atoms with Crippen molar-refractivity contribution in [2.45, 2.75) is 45.1 Å². The molecule has 1 aliphatic carbocycles. The zero-order valence-electron chi connectivity index (χ0n) is 10.5. The zero-order valence-corrected chi connectivity index (χ0v) is 12.0. The largest absolute Gasteiger partial charge is 0.314 e. The van der Waals surface area contributed by atoms with Crippen molar-refractivity contribution in [3.05, 3.63) is 28.5 Å². The van der Waals surface area contributed by atoms with Crippen molar-refractivity contribution in [3.8, 4) is 0 Å². The van der Waals surface area contributed by atoms with Crippen LogP contribution in [0.4, 0.5) is 0 Å². The first-order valence-corrected chi connectivity index (χ1v) is 7.40. The van der Waals surface area contributed by atoms with Gasteiger partial charge in [-0.2, -0.15) is 0 Å². The molecule has 0 aromatic carbocycles. The summed E-state index contributed by atoms with van der Waals surface area (Å²) in [6.45, 7) is 3.24. The Morgan fingerprint density at radius 1 is 1.47 bits per heavy atom. The highest BCUT2D eigenvalue weighted by molar-refractivity contribution is 9.10. The molecule has 1 atom stereocenters. The minimum absolute atomic E-state index is 0.612. The van der Waals surface area contributed by atoms with E-state index in [-0.39, 0.29) is 0 Å². The maximum atomic E-state index is 4.24. The van der Waals surface area contributed by atoms with Gasteiger partial charge in [0.2, 0.25) is 0 Å². The second kappa shape index (κ2) is 6.50. The summed E-state index contributed by atoms with van der Waals surface area (Å²) in [7, 11) is 0. The summed E-state index contributed by atoms with van der Waals surface area (Å²) < 4.78 is 1.08. The first-order chi connectivity index (χ1) is 8.28. The third kappa shape index (κ3) is 4.07. The van der Waals surface area contributed by atoms with E-state index in [0.29, 0.717) is 6.04 Å². The predicted octanol–water partition coefficient (Wildman–Crippen LogP) is 3.55. The lowest BCUT2D eigenvalue weighted by atomic mass is 9.80. The lowest BCUT2D eigenvalue weighted by Gasteiger charge is -2.30. The van der Waals surface area contributed by atoms with Crippen LogP contribution in [0, 0.1) is 5.92 Å². The van der Waals surface area contributed by atoms with Crippen LogP contribution in [0.25, 0.3) is 0 Å². The van der Waals surface area contributed by atoms with E-state index in [2.05, 4.69) is 39.2 Å². The van der Waals surface area contributed by atoms with Gasteiger partial charge in [-0.25, -0.2) is 0 Å². The molecule has 1 fully saturated rings. The van der Waals surface area contributed by atoms with Gasteiger partial charge in [-0.05, 0) is 52.9 Å². The van der Waals surface area contributed by atoms with E-state index in [1.807, 2.05) is 12.4 Å². The average molecular weight is 297 g/mol. The molecule has 1 aromatic rings. The summed E-state index contributed by atoms with van der Waals surface area (Å²) in [5, 5.41) is 3.61. The van der Waals surface area contributed by atoms with E-state index in [1.54, 1.807) is 0 Å². The van der Waals surface area contributed by atoms with Crippen LogP contribution in [-0.4, -0.2) is 17.6 Å². The number of aromatic nitrogens is 1. The van der Waals surface area contributed by atoms with Gasteiger partial charge in [0.1, 0.15) is 0 Å². The van der Waals surface area contributed by atoms with Crippen molar-refractivity contribution in [3.63, 3.8) is 0 Å². The predicted molar refractivity (Wildman–Crippen MR) is 75.1 cm³/mol. The highest BCUT2D eigenvalue weighted by Gasteiger charge is 2.21. The molecular weight excluding hydrogens is 276 g/mol. The highest BCUT2D eigenvalue weighted by atomic mass is 79.9. The number of nitrogens with one attached hydrogen (secondary N) is 1. The van der Waals surface area contributed by atoms with Gasteiger partial charge >= 0.3 is 0 Å². The number of nitrogens with zero attached hydrogens (tertiary/aromatic N) is 1. The van der Waals surface area contributed by atoms with Crippen molar-refractivity contribution >= 4 is 15.9 Å². The number of halogens is 1. The van der Waals surface area contributed by atoms with Gasteiger partial charge in [0, 0.05) is 22.9 Å². The summed E-state index contributed by atoms with van der Waals surface area (Å²) in [4.78, 5) is 4.24. The van der Waals surface area contributed by atoms with E-state index >= 15 is 0 Å². The SMILES string of the molecule is CCNC(Cc1cncc(Br)c1)CC1CCC1. The minimum Gasteiger partial charge on any atom is -0.314 e. The molecule has 1 saturated carbocycles. The number of pyridine rings is 1. The van der Waals surface area contributed by atoms with Crippen LogP contribution >= 0.6 is 15.9 Å². The molecule has 1 unspecified atom stereocenters. The van der Waals surface area contributed by atoms with Crippen LogP contribution in [0.1, 0.15) is 38.2 Å².